The number of hydrogen-bond donors (Lipinski definition) is 1. The van der Waals surface area contributed by atoms with Crippen molar-refractivity contribution in [1.82, 2.24) is 4.57 Å². The Morgan fingerprint density at radius 2 is 1.67 bits per heavy atom. The summed E-state index contributed by atoms with van der Waals surface area (Å²) in [4.78, 5) is 15.7. The summed E-state index contributed by atoms with van der Waals surface area (Å²) in [6.07, 6.45) is 4.41. The van der Waals surface area contributed by atoms with Gasteiger partial charge in [0, 0.05) is 58.6 Å². The number of rotatable bonds is 7. The molecule has 0 spiro atoms. The highest BCUT2D eigenvalue weighted by atomic mass is 16.1. The number of para-hydroxylation sites is 2. The van der Waals surface area contributed by atoms with Crippen LogP contribution >= 0.6 is 0 Å². The van der Waals surface area contributed by atoms with Gasteiger partial charge in [-0.3, -0.25) is 4.79 Å². The van der Waals surface area contributed by atoms with Crippen molar-refractivity contribution in [3.63, 3.8) is 0 Å². The number of aromatic nitrogens is 1. The number of carbonyl (C=O) groups excluding carboxylic acids is 1. The number of carbonyl (C=O) groups is 1. The van der Waals surface area contributed by atoms with E-state index in [1.807, 2.05) is 30.3 Å². The Morgan fingerprint density at radius 3 is 2.47 bits per heavy atom. The minimum absolute atomic E-state index is 0.0690. The maximum Gasteiger partial charge on any atom is 0.255 e. The predicted molar refractivity (Wildman–Crippen MR) is 151 cm³/mol. The van der Waals surface area contributed by atoms with Gasteiger partial charge >= 0.3 is 0 Å². The van der Waals surface area contributed by atoms with Gasteiger partial charge in [-0.2, -0.15) is 0 Å². The van der Waals surface area contributed by atoms with E-state index >= 15 is 0 Å². The smallest absolute Gasteiger partial charge is 0.255 e. The Morgan fingerprint density at radius 1 is 0.917 bits per heavy atom. The Balaban J connectivity index is 1.44. The van der Waals surface area contributed by atoms with Crippen LogP contribution < -0.4 is 10.2 Å². The van der Waals surface area contributed by atoms with E-state index in [4.69, 9.17) is 0 Å². The third-order valence-corrected chi connectivity index (χ3v) is 7.39. The van der Waals surface area contributed by atoms with Gasteiger partial charge < -0.3 is 14.8 Å². The van der Waals surface area contributed by atoms with Gasteiger partial charge in [0.2, 0.25) is 0 Å². The van der Waals surface area contributed by atoms with Crippen molar-refractivity contribution in [3.8, 4) is 0 Å². The maximum atomic E-state index is 13.4. The molecule has 2 heterocycles. The number of benzene rings is 3. The van der Waals surface area contributed by atoms with E-state index in [1.165, 1.54) is 35.0 Å². The summed E-state index contributed by atoms with van der Waals surface area (Å²) < 4.78 is 2.51. The first-order valence-corrected chi connectivity index (χ1v) is 13.3. The molecule has 1 amide bonds. The topological polar surface area (TPSA) is 37.3 Å². The van der Waals surface area contributed by atoms with E-state index in [-0.39, 0.29) is 5.91 Å². The van der Waals surface area contributed by atoms with E-state index in [1.54, 1.807) is 0 Å². The highest BCUT2D eigenvalue weighted by molar-refractivity contribution is 6.05. The molecule has 186 valence electrons. The Kier molecular flexibility index (Phi) is 6.86. The zero-order valence-electron chi connectivity index (χ0n) is 21.9. The van der Waals surface area contributed by atoms with Crippen LogP contribution in [0.2, 0.25) is 0 Å². The first kappa shape index (κ1) is 24.2. The van der Waals surface area contributed by atoms with Crippen LogP contribution in [0.5, 0.6) is 0 Å². The first-order valence-electron chi connectivity index (χ1n) is 13.3. The molecule has 0 unspecified atom stereocenters. The van der Waals surface area contributed by atoms with Crippen molar-refractivity contribution < 1.29 is 4.79 Å². The highest BCUT2D eigenvalue weighted by Gasteiger charge is 2.21. The van der Waals surface area contributed by atoms with E-state index in [0.717, 1.165) is 36.3 Å². The summed E-state index contributed by atoms with van der Waals surface area (Å²) >= 11 is 0. The summed E-state index contributed by atoms with van der Waals surface area (Å²) in [5.74, 6) is -0.0690. The quantitative estimate of drug-likeness (QED) is 0.299. The van der Waals surface area contributed by atoms with Gasteiger partial charge in [0.15, 0.2) is 0 Å². The number of hydrogen-bond acceptors (Lipinski definition) is 2. The van der Waals surface area contributed by atoms with E-state index in [0.29, 0.717) is 17.6 Å². The second kappa shape index (κ2) is 10.2. The van der Waals surface area contributed by atoms with Gasteiger partial charge in [0.25, 0.3) is 5.91 Å². The lowest BCUT2D eigenvalue weighted by molar-refractivity contribution is 0.102. The molecule has 0 atom stereocenters. The van der Waals surface area contributed by atoms with Crippen molar-refractivity contribution >= 4 is 28.2 Å². The van der Waals surface area contributed by atoms with E-state index < -0.39 is 0 Å². The molecule has 4 aromatic rings. The molecule has 0 aliphatic carbocycles. The number of anilines is 2. The number of nitrogens with one attached hydrogen (secondary N) is 1. The van der Waals surface area contributed by atoms with Crippen molar-refractivity contribution in [1.29, 1.82) is 0 Å². The largest absolute Gasteiger partial charge is 0.367 e. The first-order chi connectivity index (χ1) is 17.4. The second-order valence-electron chi connectivity index (χ2n) is 10.5. The highest BCUT2D eigenvalue weighted by Crippen LogP contribution is 2.33. The van der Waals surface area contributed by atoms with Crippen LogP contribution in [-0.4, -0.2) is 22.6 Å². The molecule has 5 rings (SSSR count). The lowest BCUT2D eigenvalue weighted by atomic mass is 9.97. The molecule has 0 saturated carbocycles. The minimum atomic E-state index is -0.0690. The summed E-state index contributed by atoms with van der Waals surface area (Å²) in [5.41, 5.74) is 7.99. The van der Waals surface area contributed by atoms with Gasteiger partial charge in [0.1, 0.15) is 0 Å². The van der Waals surface area contributed by atoms with Gasteiger partial charge in [-0.15, -0.1) is 0 Å². The third-order valence-electron chi connectivity index (χ3n) is 7.39. The fraction of sp³-hybridized carbons (Fsp3) is 0.344. The third kappa shape index (κ3) is 4.65. The monoisotopic (exact) mass is 479 g/mol. The Labute approximate surface area is 214 Å². The molecule has 1 aromatic heterocycles. The summed E-state index contributed by atoms with van der Waals surface area (Å²) in [6, 6.07) is 25.7. The van der Waals surface area contributed by atoms with Crippen molar-refractivity contribution in [2.24, 2.45) is 0 Å². The lowest BCUT2D eigenvalue weighted by Crippen LogP contribution is -2.37. The molecule has 0 radical (unpaired) electrons. The zero-order chi connectivity index (χ0) is 25.2. The van der Waals surface area contributed by atoms with Gasteiger partial charge in [-0.1, -0.05) is 42.5 Å². The molecule has 36 heavy (non-hydrogen) atoms. The fourth-order valence-electron chi connectivity index (χ4n) is 5.91. The van der Waals surface area contributed by atoms with Crippen molar-refractivity contribution in [3.05, 3.63) is 95.2 Å². The normalized spacial score (nSPS) is 13.3. The molecular formula is C32H37N3O. The lowest BCUT2D eigenvalue weighted by Gasteiger charge is -2.33. The average Bonchev–Trinajstić information content (AvgIpc) is 3.19. The van der Waals surface area contributed by atoms with Crippen LogP contribution in [0.3, 0.4) is 0 Å². The average molecular weight is 480 g/mol. The van der Waals surface area contributed by atoms with Crippen LogP contribution in [-0.2, 0) is 19.4 Å². The van der Waals surface area contributed by atoms with Gasteiger partial charge in [-0.25, -0.2) is 0 Å². The standard InChI is InChI=1S/C32H37N3O/c1-22(2)35(23(3)4)26-14-11-13-25(20-26)32(36)33-29-16-7-5-12-24(29)21-28-27-15-6-8-17-30(27)34-19-10-9-18-31(28)34/h5-8,11-17,20,22-23H,9-10,18-19,21H2,1-4H3,(H,33,36). The fourth-order valence-corrected chi connectivity index (χ4v) is 5.91. The van der Waals surface area contributed by atoms with Crippen LogP contribution in [0, 0.1) is 0 Å². The SMILES string of the molecule is CC(C)N(c1cccc(C(=O)Nc2ccccc2Cc2c3n(c4ccccc24)CCCC3)c1)C(C)C. The van der Waals surface area contributed by atoms with Gasteiger partial charge in [0.05, 0.1) is 0 Å². The molecule has 4 heteroatoms. The molecule has 4 nitrogen and oxygen atoms in total. The van der Waals surface area contributed by atoms with Crippen molar-refractivity contribution in [2.45, 2.75) is 72.0 Å². The molecule has 3 aromatic carbocycles. The Bertz CT molecular complexity index is 1370. The number of aryl methyl sites for hydroxylation is 1. The molecule has 1 N–H and O–H groups in total. The van der Waals surface area contributed by atoms with Crippen LogP contribution in [0.1, 0.15) is 67.7 Å². The summed E-state index contributed by atoms with van der Waals surface area (Å²) in [7, 11) is 0. The molecule has 1 aliphatic rings. The molecule has 0 fully saturated rings. The zero-order valence-corrected chi connectivity index (χ0v) is 21.9. The number of nitrogens with zero attached hydrogens (tertiary/aromatic N) is 2. The Hall–Kier alpha value is -3.53. The molecule has 1 aliphatic heterocycles. The predicted octanol–water partition coefficient (Wildman–Crippen LogP) is 7.44. The van der Waals surface area contributed by atoms with Gasteiger partial charge in [-0.05, 0) is 88.4 Å². The number of fused-ring (bicyclic) bond motifs is 3. The summed E-state index contributed by atoms with van der Waals surface area (Å²) in [5, 5.41) is 4.57. The molecule has 0 saturated heterocycles. The van der Waals surface area contributed by atoms with Crippen LogP contribution in [0.4, 0.5) is 11.4 Å². The number of amides is 1. The van der Waals surface area contributed by atoms with E-state index in [9.17, 15) is 4.79 Å². The minimum Gasteiger partial charge on any atom is -0.367 e. The maximum absolute atomic E-state index is 13.4. The van der Waals surface area contributed by atoms with Crippen molar-refractivity contribution in [2.75, 3.05) is 10.2 Å². The van der Waals surface area contributed by atoms with Crippen LogP contribution in [0.25, 0.3) is 10.9 Å². The van der Waals surface area contributed by atoms with E-state index in [2.05, 4.69) is 84.9 Å². The van der Waals surface area contributed by atoms with Crippen LogP contribution in [0.15, 0.2) is 72.8 Å². The molecular weight excluding hydrogens is 442 g/mol. The molecule has 0 bridgehead atoms. The second-order valence-corrected chi connectivity index (χ2v) is 10.5. The summed E-state index contributed by atoms with van der Waals surface area (Å²) in [6.45, 7) is 9.84.